The van der Waals surface area contributed by atoms with Crippen LogP contribution in [0.2, 0.25) is 0 Å². The summed E-state index contributed by atoms with van der Waals surface area (Å²) in [6.07, 6.45) is 0.665. The molecule has 0 amide bonds. The highest BCUT2D eigenvalue weighted by Gasteiger charge is 2.23. The van der Waals surface area contributed by atoms with Crippen molar-refractivity contribution in [2.24, 2.45) is 0 Å². The molecule has 0 spiro atoms. The normalized spacial score (nSPS) is 12.0. The molecule has 1 aromatic carbocycles. The highest BCUT2D eigenvalue weighted by molar-refractivity contribution is 5.77. The van der Waals surface area contributed by atoms with Gasteiger partial charge in [0.25, 0.3) is 0 Å². The van der Waals surface area contributed by atoms with E-state index in [0.29, 0.717) is 17.5 Å². The molecular weight excluding hydrogens is 232 g/mol. The Morgan fingerprint density at radius 3 is 2.83 bits per heavy atom. The van der Waals surface area contributed by atoms with Crippen LogP contribution in [0.1, 0.15) is 20.3 Å². The van der Waals surface area contributed by atoms with E-state index in [1.54, 1.807) is 0 Å². The monoisotopic (exact) mass is 250 g/mol. The first-order valence-electron chi connectivity index (χ1n) is 5.91. The molecule has 0 aliphatic heterocycles. The molecule has 0 radical (unpaired) electrons. The number of aliphatic hydroxyl groups excluding tert-OH is 1. The fourth-order valence-electron chi connectivity index (χ4n) is 1.93. The van der Waals surface area contributed by atoms with Gasteiger partial charge < -0.3 is 14.4 Å². The van der Waals surface area contributed by atoms with Gasteiger partial charge in [-0.15, -0.1) is 0 Å². The number of aromatic amines is 1. The molecule has 1 aromatic heterocycles. The van der Waals surface area contributed by atoms with Crippen molar-refractivity contribution in [1.29, 1.82) is 0 Å². The van der Waals surface area contributed by atoms with Gasteiger partial charge >= 0.3 is 5.76 Å². The molecule has 0 saturated heterocycles. The largest absolute Gasteiger partial charge is 0.417 e. The van der Waals surface area contributed by atoms with E-state index in [4.69, 9.17) is 9.52 Å². The van der Waals surface area contributed by atoms with Crippen LogP contribution in [-0.4, -0.2) is 29.3 Å². The van der Waals surface area contributed by atoms with Crippen LogP contribution in [0.4, 0.5) is 5.69 Å². The number of H-pyrrole nitrogens is 1. The van der Waals surface area contributed by atoms with E-state index in [-0.39, 0.29) is 12.1 Å². The molecule has 0 fully saturated rings. The van der Waals surface area contributed by atoms with Gasteiger partial charge in [0.1, 0.15) is 0 Å². The van der Waals surface area contributed by atoms with Crippen LogP contribution in [0.3, 0.4) is 0 Å². The van der Waals surface area contributed by atoms with E-state index in [0.717, 1.165) is 5.69 Å². The van der Waals surface area contributed by atoms with Gasteiger partial charge in [-0.2, -0.15) is 0 Å². The number of aliphatic hydroxyl groups is 1. The van der Waals surface area contributed by atoms with Crippen molar-refractivity contribution in [2.75, 3.05) is 18.6 Å². The Hall–Kier alpha value is -1.75. The number of anilines is 1. The zero-order valence-corrected chi connectivity index (χ0v) is 10.9. The average molecular weight is 250 g/mol. The first-order valence-corrected chi connectivity index (χ1v) is 5.91. The highest BCUT2D eigenvalue weighted by Crippen LogP contribution is 2.27. The number of nitrogens with zero attached hydrogens (tertiary/aromatic N) is 1. The van der Waals surface area contributed by atoms with Crippen LogP contribution in [0.5, 0.6) is 0 Å². The lowest BCUT2D eigenvalue weighted by atomic mass is 9.98. The lowest BCUT2D eigenvalue weighted by Crippen LogP contribution is -2.41. The molecule has 2 aromatic rings. The lowest BCUT2D eigenvalue weighted by molar-refractivity contribution is 0.250. The third kappa shape index (κ3) is 2.26. The molecule has 2 rings (SSSR count). The highest BCUT2D eigenvalue weighted by atomic mass is 16.4. The summed E-state index contributed by atoms with van der Waals surface area (Å²) in [5.74, 6) is -0.445. The number of aromatic nitrogens is 1. The summed E-state index contributed by atoms with van der Waals surface area (Å²) in [7, 11) is 1.96. The van der Waals surface area contributed by atoms with Gasteiger partial charge in [0.15, 0.2) is 5.58 Å². The Bertz CT molecular complexity index is 598. The molecule has 98 valence electrons. The van der Waals surface area contributed by atoms with Crippen LogP contribution >= 0.6 is 0 Å². The molecule has 0 bridgehead atoms. The molecular formula is C13H18N2O3. The van der Waals surface area contributed by atoms with E-state index < -0.39 is 5.76 Å². The summed E-state index contributed by atoms with van der Waals surface area (Å²) in [6.45, 7) is 4.25. The fraction of sp³-hybridized carbons (Fsp3) is 0.462. The minimum absolute atomic E-state index is 0.138. The van der Waals surface area contributed by atoms with Crippen molar-refractivity contribution in [3.8, 4) is 0 Å². The molecule has 0 aliphatic carbocycles. The van der Waals surface area contributed by atoms with E-state index in [9.17, 15) is 4.79 Å². The van der Waals surface area contributed by atoms with Gasteiger partial charge in [-0.3, -0.25) is 4.98 Å². The Kier molecular flexibility index (Phi) is 3.17. The van der Waals surface area contributed by atoms with Gasteiger partial charge in [0.2, 0.25) is 0 Å². The standard InChI is InChI=1S/C13H18N2O3/c1-13(2,6-7-16)15(3)9-4-5-10-11(8-9)18-12(17)14-10/h4-5,8,16H,6-7H2,1-3H3,(H,14,17). The number of rotatable bonds is 4. The summed E-state index contributed by atoms with van der Waals surface area (Å²) in [4.78, 5) is 15.8. The van der Waals surface area contributed by atoms with Gasteiger partial charge in [0.05, 0.1) is 5.52 Å². The Labute approximate surface area is 105 Å². The molecule has 5 heteroatoms. The maximum absolute atomic E-state index is 11.1. The molecule has 0 atom stereocenters. The van der Waals surface area contributed by atoms with E-state index in [1.165, 1.54) is 0 Å². The van der Waals surface area contributed by atoms with Crippen molar-refractivity contribution in [2.45, 2.75) is 25.8 Å². The van der Waals surface area contributed by atoms with E-state index >= 15 is 0 Å². The van der Waals surface area contributed by atoms with Crippen LogP contribution in [0, 0.1) is 0 Å². The topological polar surface area (TPSA) is 69.5 Å². The minimum Gasteiger partial charge on any atom is -0.408 e. The summed E-state index contributed by atoms with van der Waals surface area (Å²) >= 11 is 0. The second-order valence-corrected chi connectivity index (χ2v) is 5.04. The predicted octanol–water partition coefficient (Wildman–Crippen LogP) is 1.72. The molecule has 18 heavy (non-hydrogen) atoms. The molecule has 0 saturated carbocycles. The SMILES string of the molecule is CN(c1ccc2[nH]c(=O)oc2c1)C(C)(C)CCO. The number of oxazole rings is 1. The molecule has 1 heterocycles. The summed E-state index contributed by atoms with van der Waals surface area (Å²) in [5.41, 5.74) is 2.02. The van der Waals surface area contributed by atoms with E-state index in [1.807, 2.05) is 25.2 Å². The lowest BCUT2D eigenvalue weighted by Gasteiger charge is -2.37. The number of hydrogen-bond acceptors (Lipinski definition) is 4. The van der Waals surface area contributed by atoms with Crippen LogP contribution in [-0.2, 0) is 0 Å². The Morgan fingerprint density at radius 2 is 2.17 bits per heavy atom. The molecule has 2 N–H and O–H groups in total. The Balaban J connectivity index is 2.38. The van der Waals surface area contributed by atoms with Gasteiger partial charge in [-0.1, -0.05) is 0 Å². The maximum Gasteiger partial charge on any atom is 0.417 e. The Morgan fingerprint density at radius 1 is 1.44 bits per heavy atom. The van der Waals surface area contributed by atoms with Crippen LogP contribution < -0.4 is 10.7 Å². The third-order valence-corrected chi connectivity index (χ3v) is 3.42. The summed E-state index contributed by atoms with van der Waals surface area (Å²) < 4.78 is 5.04. The molecule has 5 nitrogen and oxygen atoms in total. The van der Waals surface area contributed by atoms with Crippen molar-refractivity contribution >= 4 is 16.8 Å². The number of benzene rings is 1. The average Bonchev–Trinajstić information content (AvgIpc) is 2.66. The molecule has 0 aliphatic rings. The summed E-state index contributed by atoms with van der Waals surface area (Å²) in [6, 6.07) is 5.57. The second kappa shape index (κ2) is 4.49. The van der Waals surface area contributed by atoms with Crippen molar-refractivity contribution in [1.82, 2.24) is 4.98 Å². The minimum atomic E-state index is -0.445. The fourth-order valence-corrected chi connectivity index (χ4v) is 1.93. The van der Waals surface area contributed by atoms with E-state index in [2.05, 4.69) is 23.7 Å². The van der Waals surface area contributed by atoms with Crippen LogP contribution in [0.25, 0.3) is 11.1 Å². The number of nitrogens with one attached hydrogen (secondary N) is 1. The summed E-state index contributed by atoms with van der Waals surface area (Å²) in [5, 5.41) is 9.08. The van der Waals surface area contributed by atoms with Crippen LogP contribution in [0.15, 0.2) is 27.4 Å². The number of hydrogen-bond donors (Lipinski definition) is 2. The zero-order chi connectivity index (χ0) is 13.3. The van der Waals surface area contributed by atoms with Gasteiger partial charge in [-0.25, -0.2) is 4.79 Å². The quantitative estimate of drug-likeness (QED) is 0.866. The molecule has 0 unspecified atom stereocenters. The van der Waals surface area contributed by atoms with Gasteiger partial charge in [-0.05, 0) is 32.4 Å². The second-order valence-electron chi connectivity index (χ2n) is 5.04. The third-order valence-electron chi connectivity index (χ3n) is 3.42. The zero-order valence-electron chi connectivity index (χ0n) is 10.9. The number of fused-ring (bicyclic) bond motifs is 1. The predicted molar refractivity (Wildman–Crippen MR) is 71.0 cm³/mol. The first-order chi connectivity index (χ1) is 8.44. The van der Waals surface area contributed by atoms with Crippen molar-refractivity contribution in [3.63, 3.8) is 0 Å². The smallest absolute Gasteiger partial charge is 0.408 e. The maximum atomic E-state index is 11.1. The first kappa shape index (κ1) is 12.7. The van der Waals surface area contributed by atoms with Crippen molar-refractivity contribution in [3.05, 3.63) is 28.7 Å². The van der Waals surface area contributed by atoms with Crippen molar-refractivity contribution < 1.29 is 9.52 Å². The van der Waals surface area contributed by atoms with Gasteiger partial charge in [0, 0.05) is 30.9 Å².